The van der Waals surface area contributed by atoms with Crippen LogP contribution in [0.5, 0.6) is 5.75 Å². The Labute approximate surface area is 158 Å². The molecule has 27 heavy (non-hydrogen) atoms. The van der Waals surface area contributed by atoms with Crippen LogP contribution in [-0.2, 0) is 6.54 Å². The van der Waals surface area contributed by atoms with Crippen molar-refractivity contribution in [3.63, 3.8) is 0 Å². The van der Waals surface area contributed by atoms with E-state index in [4.69, 9.17) is 4.74 Å². The molecule has 0 fully saturated rings. The number of hydrogen-bond donors (Lipinski definition) is 2. The number of ether oxygens (including phenoxy) is 1. The third kappa shape index (κ3) is 4.55. The van der Waals surface area contributed by atoms with E-state index in [2.05, 4.69) is 41.3 Å². The Balaban J connectivity index is 1.73. The molecule has 7 heteroatoms. The number of H-pyrrole nitrogens is 1. The topological polar surface area (TPSA) is 84.8 Å². The Morgan fingerprint density at radius 1 is 1.30 bits per heavy atom. The zero-order chi connectivity index (χ0) is 19.4. The van der Waals surface area contributed by atoms with Crippen molar-refractivity contribution < 1.29 is 9.53 Å². The van der Waals surface area contributed by atoms with Gasteiger partial charge in [-0.05, 0) is 35.7 Å². The van der Waals surface area contributed by atoms with Gasteiger partial charge in [-0.25, -0.2) is 4.98 Å². The van der Waals surface area contributed by atoms with Crippen LogP contribution in [0.2, 0.25) is 0 Å². The highest BCUT2D eigenvalue weighted by Gasteiger charge is 2.27. The highest BCUT2D eigenvalue weighted by atomic mass is 16.5. The van der Waals surface area contributed by atoms with E-state index < -0.39 is 0 Å². The normalized spacial score (nSPS) is 12.6. The predicted molar refractivity (Wildman–Crippen MR) is 104 cm³/mol. The van der Waals surface area contributed by atoms with Crippen molar-refractivity contribution in [1.29, 1.82) is 0 Å². The molecule has 3 aromatic rings. The maximum Gasteiger partial charge on any atom is 0.269 e. The Kier molecular flexibility index (Phi) is 5.30. The lowest BCUT2D eigenvalue weighted by molar-refractivity contribution is 0.0887. The van der Waals surface area contributed by atoms with Crippen LogP contribution in [0.4, 0.5) is 0 Å². The standard InChI is InChI=1S/C20H25N5O2/c1-20(2,3)18(12-25-10-9-21-13-25)22-19(26)17-11-16(23-24-17)14-5-7-15(27-4)8-6-14/h5-11,13,18H,12H2,1-4H3,(H,22,26)(H,23,24). The van der Waals surface area contributed by atoms with E-state index in [1.807, 2.05) is 35.0 Å². The third-order valence-electron chi connectivity index (χ3n) is 4.51. The quantitative estimate of drug-likeness (QED) is 0.701. The van der Waals surface area contributed by atoms with Gasteiger partial charge in [-0.15, -0.1) is 0 Å². The van der Waals surface area contributed by atoms with Gasteiger partial charge in [0.1, 0.15) is 11.4 Å². The molecule has 0 saturated heterocycles. The molecule has 0 saturated carbocycles. The fourth-order valence-electron chi connectivity index (χ4n) is 2.73. The number of nitrogens with one attached hydrogen (secondary N) is 2. The lowest BCUT2D eigenvalue weighted by Gasteiger charge is -2.31. The summed E-state index contributed by atoms with van der Waals surface area (Å²) in [5.41, 5.74) is 1.95. The molecule has 142 valence electrons. The highest BCUT2D eigenvalue weighted by Crippen LogP contribution is 2.23. The van der Waals surface area contributed by atoms with E-state index in [1.54, 1.807) is 25.7 Å². The number of methoxy groups -OCH3 is 1. The molecular weight excluding hydrogens is 342 g/mol. The molecule has 2 N–H and O–H groups in total. The van der Waals surface area contributed by atoms with Crippen LogP contribution >= 0.6 is 0 Å². The van der Waals surface area contributed by atoms with Crippen LogP contribution in [0.1, 0.15) is 31.3 Å². The molecule has 1 amide bonds. The Morgan fingerprint density at radius 2 is 2.04 bits per heavy atom. The molecular formula is C20H25N5O2. The average Bonchev–Trinajstić information content (AvgIpc) is 3.32. The van der Waals surface area contributed by atoms with Gasteiger partial charge < -0.3 is 14.6 Å². The number of aromatic amines is 1. The molecule has 7 nitrogen and oxygen atoms in total. The molecule has 1 unspecified atom stereocenters. The average molecular weight is 367 g/mol. The first-order valence-electron chi connectivity index (χ1n) is 8.83. The number of imidazole rings is 1. The van der Waals surface area contributed by atoms with E-state index in [9.17, 15) is 4.79 Å². The molecule has 0 bridgehead atoms. The SMILES string of the molecule is COc1ccc(-c2cc(C(=O)NC(Cn3ccnc3)C(C)(C)C)[nH]n2)cc1. The van der Waals surface area contributed by atoms with Crippen LogP contribution in [0.3, 0.4) is 0 Å². The molecule has 1 aromatic carbocycles. The molecule has 0 aliphatic rings. The van der Waals surface area contributed by atoms with E-state index >= 15 is 0 Å². The molecule has 1 atom stereocenters. The van der Waals surface area contributed by atoms with Crippen LogP contribution in [0.15, 0.2) is 49.1 Å². The molecule has 0 aliphatic carbocycles. The van der Waals surface area contributed by atoms with Crippen molar-refractivity contribution in [1.82, 2.24) is 25.1 Å². The second kappa shape index (κ2) is 7.65. The van der Waals surface area contributed by atoms with Gasteiger partial charge in [0.25, 0.3) is 5.91 Å². The minimum atomic E-state index is -0.178. The van der Waals surface area contributed by atoms with Gasteiger partial charge in [0.05, 0.1) is 25.2 Å². The number of carbonyl (C=O) groups excluding carboxylic acids is 1. The zero-order valence-electron chi connectivity index (χ0n) is 16.1. The second-order valence-corrected chi connectivity index (χ2v) is 7.55. The third-order valence-corrected chi connectivity index (χ3v) is 4.51. The lowest BCUT2D eigenvalue weighted by Crippen LogP contribution is -2.46. The Hall–Kier alpha value is -3.09. The summed E-state index contributed by atoms with van der Waals surface area (Å²) in [6.45, 7) is 6.95. The van der Waals surface area contributed by atoms with Crippen molar-refractivity contribution in [2.45, 2.75) is 33.4 Å². The zero-order valence-corrected chi connectivity index (χ0v) is 16.1. The first kappa shape index (κ1) is 18.7. The number of nitrogens with zero attached hydrogens (tertiary/aromatic N) is 3. The van der Waals surface area contributed by atoms with Gasteiger partial charge in [-0.1, -0.05) is 20.8 Å². The lowest BCUT2D eigenvalue weighted by atomic mass is 9.86. The Bertz CT molecular complexity index is 876. The van der Waals surface area contributed by atoms with Crippen molar-refractivity contribution in [2.75, 3.05) is 7.11 Å². The van der Waals surface area contributed by atoms with Crippen molar-refractivity contribution >= 4 is 5.91 Å². The van der Waals surface area contributed by atoms with Crippen molar-refractivity contribution in [3.8, 4) is 17.0 Å². The highest BCUT2D eigenvalue weighted by molar-refractivity contribution is 5.93. The molecule has 3 rings (SSSR count). The van der Waals surface area contributed by atoms with Gasteiger partial charge in [0.15, 0.2) is 0 Å². The van der Waals surface area contributed by atoms with E-state index in [-0.39, 0.29) is 17.4 Å². The smallest absolute Gasteiger partial charge is 0.269 e. The van der Waals surface area contributed by atoms with Gasteiger partial charge in [0.2, 0.25) is 0 Å². The summed E-state index contributed by atoms with van der Waals surface area (Å²) in [5.74, 6) is 0.599. The second-order valence-electron chi connectivity index (χ2n) is 7.55. The number of aromatic nitrogens is 4. The summed E-state index contributed by atoms with van der Waals surface area (Å²) in [5, 5.41) is 10.2. The first-order chi connectivity index (χ1) is 12.9. The summed E-state index contributed by atoms with van der Waals surface area (Å²) in [6.07, 6.45) is 5.38. The van der Waals surface area contributed by atoms with Gasteiger partial charge >= 0.3 is 0 Å². The number of rotatable bonds is 6. The fourth-order valence-corrected chi connectivity index (χ4v) is 2.73. The summed E-state index contributed by atoms with van der Waals surface area (Å²) in [7, 11) is 1.63. The van der Waals surface area contributed by atoms with Crippen LogP contribution in [0, 0.1) is 5.41 Å². The van der Waals surface area contributed by atoms with Crippen LogP contribution in [0.25, 0.3) is 11.3 Å². The van der Waals surface area contributed by atoms with Gasteiger partial charge in [-0.3, -0.25) is 9.89 Å². The monoisotopic (exact) mass is 367 g/mol. The minimum absolute atomic E-state index is 0.0630. The van der Waals surface area contributed by atoms with Crippen molar-refractivity contribution in [3.05, 3.63) is 54.7 Å². The van der Waals surface area contributed by atoms with Gasteiger partial charge in [0, 0.05) is 24.5 Å². The van der Waals surface area contributed by atoms with E-state index in [0.29, 0.717) is 17.9 Å². The molecule has 0 radical (unpaired) electrons. The van der Waals surface area contributed by atoms with E-state index in [1.165, 1.54) is 0 Å². The maximum atomic E-state index is 12.7. The predicted octanol–water partition coefficient (Wildman–Crippen LogP) is 3.13. The van der Waals surface area contributed by atoms with E-state index in [0.717, 1.165) is 11.3 Å². The summed E-state index contributed by atoms with van der Waals surface area (Å²) < 4.78 is 7.13. The van der Waals surface area contributed by atoms with Crippen LogP contribution < -0.4 is 10.1 Å². The number of carbonyl (C=O) groups is 1. The molecule has 0 spiro atoms. The van der Waals surface area contributed by atoms with Crippen LogP contribution in [-0.4, -0.2) is 38.8 Å². The number of benzene rings is 1. The minimum Gasteiger partial charge on any atom is -0.497 e. The Morgan fingerprint density at radius 3 is 2.63 bits per heavy atom. The molecule has 0 aliphatic heterocycles. The molecule has 2 heterocycles. The summed E-state index contributed by atoms with van der Waals surface area (Å²) in [4.78, 5) is 16.8. The first-order valence-corrected chi connectivity index (χ1v) is 8.83. The number of hydrogen-bond acceptors (Lipinski definition) is 4. The fraction of sp³-hybridized carbons (Fsp3) is 0.350. The number of amides is 1. The summed E-state index contributed by atoms with van der Waals surface area (Å²) in [6, 6.07) is 9.25. The maximum absolute atomic E-state index is 12.7. The van der Waals surface area contributed by atoms with Crippen molar-refractivity contribution in [2.24, 2.45) is 5.41 Å². The molecule has 2 aromatic heterocycles. The van der Waals surface area contributed by atoms with Gasteiger partial charge in [-0.2, -0.15) is 5.10 Å². The largest absolute Gasteiger partial charge is 0.497 e. The summed E-state index contributed by atoms with van der Waals surface area (Å²) >= 11 is 0.